The lowest BCUT2D eigenvalue weighted by Gasteiger charge is -2.27. The first kappa shape index (κ1) is 39.7. The van der Waals surface area contributed by atoms with E-state index in [4.69, 9.17) is 15.0 Å². The molecule has 2 heterocycles. The molecule has 0 aliphatic heterocycles. The van der Waals surface area contributed by atoms with E-state index >= 15 is 0 Å². The first-order chi connectivity index (χ1) is 27.8. The molecule has 0 amide bonds. The van der Waals surface area contributed by atoms with Crippen molar-refractivity contribution in [2.75, 3.05) is 0 Å². The summed E-state index contributed by atoms with van der Waals surface area (Å²) in [6.07, 6.45) is 3.54. The average molecular weight is 777 g/mol. The molecule has 5 heteroatoms. The maximum Gasteiger partial charge on any atom is 0.149 e. The quantitative estimate of drug-likeness (QED) is 0.183. The fraction of sp³-hybridized carbons (Fsp3) is 0.278. The highest BCUT2D eigenvalue weighted by Crippen LogP contribution is 2.44. The van der Waals surface area contributed by atoms with E-state index in [9.17, 15) is 5.11 Å². The predicted molar refractivity (Wildman–Crippen MR) is 247 cm³/mol. The monoisotopic (exact) mass is 776 g/mol. The van der Waals surface area contributed by atoms with Crippen LogP contribution in [0.1, 0.15) is 104 Å². The molecular weight excluding hydrogens is 721 g/mol. The van der Waals surface area contributed by atoms with Gasteiger partial charge in [0.1, 0.15) is 11.6 Å². The predicted octanol–water partition coefficient (Wildman–Crippen LogP) is 13.9. The average Bonchev–Trinajstić information content (AvgIpc) is 3.59. The molecule has 0 atom stereocenters. The second-order valence-corrected chi connectivity index (χ2v) is 19.7. The minimum absolute atomic E-state index is 0.00789. The lowest BCUT2D eigenvalue weighted by molar-refractivity contribution is 0.475. The van der Waals surface area contributed by atoms with Gasteiger partial charge in [-0.2, -0.15) is 0 Å². The van der Waals surface area contributed by atoms with E-state index < -0.39 is 0 Å². The van der Waals surface area contributed by atoms with E-state index in [1.54, 1.807) is 12.4 Å². The zero-order chi connectivity index (χ0) is 42.1. The summed E-state index contributed by atoms with van der Waals surface area (Å²) in [7, 11) is 0. The second kappa shape index (κ2) is 14.3. The van der Waals surface area contributed by atoms with Crippen molar-refractivity contribution < 1.29 is 5.11 Å². The topological polar surface area (TPSA) is 63.8 Å². The van der Waals surface area contributed by atoms with Gasteiger partial charge in [-0.15, -0.1) is 0 Å². The van der Waals surface area contributed by atoms with Crippen molar-refractivity contribution >= 4 is 22.1 Å². The van der Waals surface area contributed by atoms with Gasteiger partial charge >= 0.3 is 0 Å². The Hall–Kier alpha value is -6.07. The molecule has 0 unspecified atom stereocenters. The molecule has 0 bridgehead atoms. The highest BCUT2D eigenvalue weighted by Gasteiger charge is 2.29. The van der Waals surface area contributed by atoms with E-state index in [1.165, 1.54) is 16.7 Å². The smallest absolute Gasteiger partial charge is 0.149 e. The van der Waals surface area contributed by atoms with Gasteiger partial charge in [-0.1, -0.05) is 143 Å². The number of hydrogen-bond acceptors (Lipinski definition) is 4. The lowest BCUT2D eigenvalue weighted by atomic mass is 9.77. The number of phenols is 1. The maximum absolute atomic E-state index is 11.7. The minimum Gasteiger partial charge on any atom is -0.507 e. The van der Waals surface area contributed by atoms with Crippen LogP contribution in [0, 0.1) is 0 Å². The molecule has 2 aromatic heterocycles. The Morgan fingerprint density at radius 1 is 0.458 bits per heavy atom. The van der Waals surface area contributed by atoms with Crippen molar-refractivity contribution in [1.29, 1.82) is 0 Å². The Bertz CT molecular complexity index is 2840. The number of imidazole rings is 1. The molecule has 0 aliphatic carbocycles. The number of rotatable bonds is 6. The summed E-state index contributed by atoms with van der Waals surface area (Å²) in [5.74, 6) is 0.888. The van der Waals surface area contributed by atoms with Crippen LogP contribution < -0.4 is 0 Å². The van der Waals surface area contributed by atoms with E-state index in [1.807, 2.05) is 12.1 Å². The summed E-state index contributed by atoms with van der Waals surface area (Å²) in [4.78, 5) is 15.2. The summed E-state index contributed by atoms with van der Waals surface area (Å²) in [5, 5.41) is 11.7. The van der Waals surface area contributed by atoms with E-state index in [0.717, 1.165) is 61.1 Å². The number of benzene rings is 6. The van der Waals surface area contributed by atoms with E-state index in [0.29, 0.717) is 11.4 Å². The van der Waals surface area contributed by atoms with Crippen LogP contribution in [-0.2, 0) is 21.7 Å². The molecule has 0 saturated heterocycles. The fourth-order valence-corrected chi connectivity index (χ4v) is 8.10. The van der Waals surface area contributed by atoms with Gasteiger partial charge in [0, 0.05) is 34.6 Å². The minimum atomic E-state index is -0.353. The molecule has 0 aliphatic rings. The van der Waals surface area contributed by atoms with Crippen LogP contribution in [0.25, 0.3) is 61.4 Å². The van der Waals surface area contributed by atoms with Crippen LogP contribution in [-0.4, -0.2) is 24.6 Å². The van der Waals surface area contributed by atoms with Crippen LogP contribution in [0.2, 0.25) is 0 Å². The van der Waals surface area contributed by atoms with Gasteiger partial charge in [-0.05, 0) is 110 Å². The Morgan fingerprint density at radius 3 is 1.68 bits per heavy atom. The number of hydrogen-bond donors (Lipinski definition) is 1. The largest absolute Gasteiger partial charge is 0.507 e. The van der Waals surface area contributed by atoms with Crippen LogP contribution in [0.4, 0.5) is 0 Å². The van der Waals surface area contributed by atoms with Crippen LogP contribution in [0.3, 0.4) is 0 Å². The zero-order valence-electron chi connectivity index (χ0n) is 36.4. The highest BCUT2D eigenvalue weighted by molar-refractivity contribution is 5.99. The van der Waals surface area contributed by atoms with Gasteiger partial charge in [0.2, 0.25) is 0 Å². The Morgan fingerprint density at radius 2 is 1.03 bits per heavy atom. The summed E-state index contributed by atoms with van der Waals surface area (Å²) in [5.41, 5.74) is 14.8. The maximum atomic E-state index is 11.7. The molecule has 6 aromatic carbocycles. The summed E-state index contributed by atoms with van der Waals surface area (Å²) >= 11 is 0. The molecule has 0 saturated carbocycles. The van der Waals surface area contributed by atoms with Crippen molar-refractivity contribution in [1.82, 2.24) is 19.5 Å². The van der Waals surface area contributed by atoms with Gasteiger partial charge in [-0.25, -0.2) is 4.98 Å². The Labute approximate surface area is 349 Å². The molecule has 8 rings (SSSR count). The number of nitrogens with zero attached hydrogens (tertiary/aromatic N) is 4. The Kier molecular flexibility index (Phi) is 9.66. The van der Waals surface area contributed by atoms with Crippen LogP contribution in [0.5, 0.6) is 5.75 Å². The van der Waals surface area contributed by atoms with Crippen LogP contribution >= 0.6 is 0 Å². The SMILES string of the molecule is CC(C)(C)c1ccc(-n2c(-c3cc(C(C)(C)C)ccc3O)nc3c(-c4cccc(-c5cc(C(C)(C)C)cc6nccnc56)c4)cc(C(C)(C)c4ccccc4)cc32)cc1. The summed E-state index contributed by atoms with van der Waals surface area (Å²) in [6.45, 7) is 24.6. The van der Waals surface area contributed by atoms with E-state index in [2.05, 4.69) is 190 Å². The van der Waals surface area contributed by atoms with Crippen molar-refractivity contribution in [3.8, 4) is 45.1 Å². The molecule has 0 fully saturated rings. The molecule has 5 nitrogen and oxygen atoms in total. The molecule has 0 radical (unpaired) electrons. The first-order valence-corrected chi connectivity index (χ1v) is 20.7. The lowest BCUT2D eigenvalue weighted by Crippen LogP contribution is -2.19. The van der Waals surface area contributed by atoms with Crippen molar-refractivity contribution in [3.05, 3.63) is 162 Å². The molecular formula is C54H56N4O. The van der Waals surface area contributed by atoms with Crippen LogP contribution in [0.15, 0.2) is 134 Å². The van der Waals surface area contributed by atoms with Gasteiger partial charge in [0.05, 0.1) is 27.6 Å². The van der Waals surface area contributed by atoms with Crippen molar-refractivity contribution in [2.24, 2.45) is 0 Å². The molecule has 8 aromatic rings. The number of fused-ring (bicyclic) bond motifs is 2. The van der Waals surface area contributed by atoms with Crippen molar-refractivity contribution in [2.45, 2.75) is 97.8 Å². The third-order valence-corrected chi connectivity index (χ3v) is 12.0. The Balaban J connectivity index is 1.46. The number of aromatic hydroxyl groups is 1. The molecule has 298 valence electrons. The van der Waals surface area contributed by atoms with Gasteiger partial charge < -0.3 is 5.11 Å². The fourth-order valence-electron chi connectivity index (χ4n) is 8.10. The normalized spacial score (nSPS) is 12.7. The molecule has 59 heavy (non-hydrogen) atoms. The standard InChI is InChI=1S/C54H56N4O/c1-51(2,3)36-20-23-41(24-21-36)58-46-33-40(54(10,11)37-18-13-12-14-19-37)31-43(49(46)57-50(58)44-29-38(52(4,5)6)22-25-47(44)59)35-17-15-16-34(28-35)42-30-39(53(7,8)9)32-45-48(42)56-27-26-55-45/h12-33,59H,1-11H3. The second-order valence-electron chi connectivity index (χ2n) is 19.7. The third kappa shape index (κ3) is 7.44. The van der Waals surface area contributed by atoms with E-state index in [-0.39, 0.29) is 27.4 Å². The highest BCUT2D eigenvalue weighted by atomic mass is 16.3. The van der Waals surface area contributed by atoms with Gasteiger partial charge in [0.15, 0.2) is 0 Å². The first-order valence-electron chi connectivity index (χ1n) is 20.7. The van der Waals surface area contributed by atoms with Gasteiger partial charge in [0.25, 0.3) is 0 Å². The zero-order valence-corrected chi connectivity index (χ0v) is 36.4. The third-order valence-electron chi connectivity index (χ3n) is 12.0. The molecule has 1 N–H and O–H groups in total. The van der Waals surface area contributed by atoms with Gasteiger partial charge in [-0.3, -0.25) is 14.5 Å². The summed E-state index contributed by atoms with van der Waals surface area (Å²) < 4.78 is 2.25. The number of phenolic OH excluding ortho intramolecular Hbond substituents is 1. The molecule has 0 spiro atoms. The number of aromatic nitrogens is 4. The van der Waals surface area contributed by atoms with Crippen molar-refractivity contribution in [3.63, 3.8) is 0 Å². The summed E-state index contributed by atoms with van der Waals surface area (Å²) in [6, 6.07) is 43.4.